The molecule has 1 unspecified atom stereocenters. The summed E-state index contributed by atoms with van der Waals surface area (Å²) in [6.07, 6.45) is 2.25. The van der Waals surface area contributed by atoms with E-state index < -0.39 is 0 Å². The molecule has 0 radical (unpaired) electrons. The predicted octanol–water partition coefficient (Wildman–Crippen LogP) is 3.51. The molecule has 1 saturated heterocycles. The van der Waals surface area contributed by atoms with E-state index in [0.29, 0.717) is 6.61 Å². The zero-order chi connectivity index (χ0) is 15.5. The third-order valence-electron chi connectivity index (χ3n) is 3.64. The van der Waals surface area contributed by atoms with Crippen molar-refractivity contribution in [3.63, 3.8) is 0 Å². The van der Waals surface area contributed by atoms with Gasteiger partial charge in [-0.05, 0) is 67.4 Å². The van der Waals surface area contributed by atoms with Gasteiger partial charge in [0.15, 0.2) is 11.5 Å². The van der Waals surface area contributed by atoms with Crippen LogP contribution in [0.1, 0.15) is 32.3 Å². The van der Waals surface area contributed by atoms with Gasteiger partial charge in [0, 0.05) is 6.54 Å². The highest BCUT2D eigenvalue weighted by Gasteiger charge is 2.32. The lowest BCUT2D eigenvalue weighted by atomic mass is 10.1. The summed E-state index contributed by atoms with van der Waals surface area (Å²) >= 11 is 3.57. The maximum atomic E-state index is 5.96. The molecule has 1 aliphatic rings. The van der Waals surface area contributed by atoms with Crippen LogP contribution in [0.4, 0.5) is 0 Å². The lowest BCUT2D eigenvalue weighted by Crippen LogP contribution is -2.24. The fraction of sp³-hybridized carbons (Fsp3) is 0.625. The molecule has 2 rings (SSSR count). The molecule has 1 N–H and O–H groups in total. The van der Waals surface area contributed by atoms with E-state index in [1.54, 1.807) is 7.11 Å². The second-order valence-corrected chi connectivity index (χ2v) is 6.84. The number of benzene rings is 1. The molecule has 1 aromatic rings. The van der Waals surface area contributed by atoms with E-state index in [1.165, 1.54) is 0 Å². The fourth-order valence-corrected chi connectivity index (χ4v) is 3.19. The van der Waals surface area contributed by atoms with Crippen molar-refractivity contribution in [3.05, 3.63) is 22.2 Å². The Morgan fingerprint density at radius 1 is 1.43 bits per heavy atom. The average Bonchev–Trinajstić information content (AvgIpc) is 2.77. The van der Waals surface area contributed by atoms with E-state index in [9.17, 15) is 0 Å². The van der Waals surface area contributed by atoms with E-state index in [-0.39, 0.29) is 11.7 Å². The third kappa shape index (κ3) is 4.34. The molecule has 1 fully saturated rings. The standard InChI is InChI=1S/C16H24BrNO3/c1-16(2)6-5-12(21-16)10-20-15-13(17)7-11(9-18-3)8-14(15)19-4/h7-8,12,18H,5-6,9-10H2,1-4H3. The molecule has 1 heterocycles. The summed E-state index contributed by atoms with van der Waals surface area (Å²) in [4.78, 5) is 0. The number of hydrogen-bond donors (Lipinski definition) is 1. The van der Waals surface area contributed by atoms with Gasteiger partial charge >= 0.3 is 0 Å². The fourth-order valence-electron chi connectivity index (χ4n) is 2.59. The monoisotopic (exact) mass is 357 g/mol. The van der Waals surface area contributed by atoms with Crippen molar-refractivity contribution in [1.29, 1.82) is 0 Å². The maximum Gasteiger partial charge on any atom is 0.175 e. The van der Waals surface area contributed by atoms with Gasteiger partial charge < -0.3 is 19.5 Å². The van der Waals surface area contributed by atoms with Gasteiger partial charge in [0.05, 0.1) is 23.3 Å². The topological polar surface area (TPSA) is 39.7 Å². The van der Waals surface area contributed by atoms with E-state index in [0.717, 1.165) is 40.9 Å². The zero-order valence-corrected chi connectivity index (χ0v) is 14.7. The highest BCUT2D eigenvalue weighted by Crippen LogP contribution is 2.38. The normalized spacial score (nSPS) is 20.5. The Hall–Kier alpha value is -0.780. The third-order valence-corrected chi connectivity index (χ3v) is 4.23. The number of rotatable bonds is 6. The van der Waals surface area contributed by atoms with Gasteiger partial charge in [-0.25, -0.2) is 0 Å². The van der Waals surface area contributed by atoms with Crippen molar-refractivity contribution in [3.8, 4) is 11.5 Å². The Kier molecular flexibility index (Phi) is 5.52. The average molecular weight is 358 g/mol. The van der Waals surface area contributed by atoms with Crippen molar-refractivity contribution < 1.29 is 14.2 Å². The molecule has 1 aliphatic heterocycles. The van der Waals surface area contributed by atoms with E-state index >= 15 is 0 Å². The smallest absolute Gasteiger partial charge is 0.175 e. The molecule has 1 atom stereocenters. The summed E-state index contributed by atoms with van der Waals surface area (Å²) in [6.45, 7) is 5.57. The number of halogens is 1. The molecule has 0 spiro atoms. The Bertz CT molecular complexity index is 491. The van der Waals surface area contributed by atoms with Gasteiger partial charge in [0.25, 0.3) is 0 Å². The lowest BCUT2D eigenvalue weighted by Gasteiger charge is -2.20. The Balaban J connectivity index is 2.05. The Morgan fingerprint density at radius 2 is 2.19 bits per heavy atom. The summed E-state index contributed by atoms with van der Waals surface area (Å²) in [5.41, 5.74) is 1.11. The van der Waals surface area contributed by atoms with Crippen LogP contribution in [0.15, 0.2) is 16.6 Å². The van der Waals surface area contributed by atoms with Crippen LogP contribution in [0, 0.1) is 0 Å². The highest BCUT2D eigenvalue weighted by atomic mass is 79.9. The minimum atomic E-state index is -0.0357. The van der Waals surface area contributed by atoms with Crippen LogP contribution >= 0.6 is 15.9 Å². The maximum absolute atomic E-state index is 5.96. The Morgan fingerprint density at radius 3 is 2.76 bits per heavy atom. The summed E-state index contributed by atoms with van der Waals surface area (Å²) in [7, 11) is 3.58. The number of ether oxygens (including phenoxy) is 3. The van der Waals surface area contributed by atoms with Gasteiger partial charge in [-0.2, -0.15) is 0 Å². The highest BCUT2D eigenvalue weighted by molar-refractivity contribution is 9.10. The predicted molar refractivity (Wildman–Crippen MR) is 87.1 cm³/mol. The molecule has 1 aromatic carbocycles. The van der Waals surface area contributed by atoms with Crippen molar-refractivity contribution >= 4 is 15.9 Å². The number of hydrogen-bond acceptors (Lipinski definition) is 4. The second kappa shape index (κ2) is 6.99. The minimum Gasteiger partial charge on any atom is -0.493 e. The lowest BCUT2D eigenvalue weighted by molar-refractivity contribution is -0.0330. The molecule has 0 aromatic heterocycles. The van der Waals surface area contributed by atoms with E-state index in [1.807, 2.05) is 19.2 Å². The summed E-state index contributed by atoms with van der Waals surface area (Å²) < 4.78 is 18.3. The molecular weight excluding hydrogens is 334 g/mol. The molecule has 0 amide bonds. The van der Waals surface area contributed by atoms with Crippen LogP contribution in [0.5, 0.6) is 11.5 Å². The largest absolute Gasteiger partial charge is 0.493 e. The van der Waals surface area contributed by atoms with Gasteiger partial charge in [0.2, 0.25) is 0 Å². The van der Waals surface area contributed by atoms with Gasteiger partial charge in [-0.1, -0.05) is 0 Å². The zero-order valence-electron chi connectivity index (χ0n) is 13.2. The second-order valence-electron chi connectivity index (χ2n) is 5.99. The van der Waals surface area contributed by atoms with Crippen molar-refractivity contribution in [2.75, 3.05) is 20.8 Å². The molecule has 0 bridgehead atoms. The molecule has 4 nitrogen and oxygen atoms in total. The van der Waals surface area contributed by atoms with Crippen LogP contribution in [0.25, 0.3) is 0 Å². The SMILES string of the molecule is CNCc1cc(Br)c(OCC2CCC(C)(C)O2)c(OC)c1. The van der Waals surface area contributed by atoms with Gasteiger partial charge in [-0.3, -0.25) is 0 Å². The van der Waals surface area contributed by atoms with Crippen molar-refractivity contribution in [2.45, 2.75) is 44.9 Å². The first-order valence-corrected chi connectivity index (χ1v) is 8.06. The Labute approximate surface area is 135 Å². The van der Waals surface area contributed by atoms with Crippen LogP contribution in [0.3, 0.4) is 0 Å². The van der Waals surface area contributed by atoms with Gasteiger partial charge in [0.1, 0.15) is 6.61 Å². The van der Waals surface area contributed by atoms with Crippen LogP contribution in [-0.2, 0) is 11.3 Å². The van der Waals surface area contributed by atoms with Crippen molar-refractivity contribution in [1.82, 2.24) is 5.32 Å². The first kappa shape index (κ1) is 16.6. The van der Waals surface area contributed by atoms with Crippen LogP contribution in [-0.4, -0.2) is 32.5 Å². The van der Waals surface area contributed by atoms with E-state index in [4.69, 9.17) is 14.2 Å². The van der Waals surface area contributed by atoms with Gasteiger partial charge in [-0.15, -0.1) is 0 Å². The first-order chi connectivity index (χ1) is 9.95. The molecule has 0 aliphatic carbocycles. The summed E-state index contributed by atoms with van der Waals surface area (Å²) in [5.74, 6) is 1.48. The first-order valence-electron chi connectivity index (χ1n) is 7.27. The number of methoxy groups -OCH3 is 1. The molecular formula is C16H24BrNO3. The van der Waals surface area contributed by atoms with Crippen LogP contribution in [0.2, 0.25) is 0 Å². The van der Waals surface area contributed by atoms with Crippen LogP contribution < -0.4 is 14.8 Å². The minimum absolute atomic E-state index is 0.0357. The molecule has 118 valence electrons. The van der Waals surface area contributed by atoms with E-state index in [2.05, 4.69) is 35.1 Å². The summed E-state index contributed by atoms with van der Waals surface area (Å²) in [5, 5.41) is 3.13. The quantitative estimate of drug-likeness (QED) is 0.845. The molecule has 21 heavy (non-hydrogen) atoms. The van der Waals surface area contributed by atoms with Crippen molar-refractivity contribution in [2.24, 2.45) is 0 Å². The number of nitrogens with one attached hydrogen (secondary N) is 1. The molecule has 0 saturated carbocycles. The molecule has 5 heteroatoms. The summed E-state index contributed by atoms with van der Waals surface area (Å²) in [6, 6.07) is 4.05.